The van der Waals surface area contributed by atoms with Crippen molar-refractivity contribution in [3.8, 4) is 0 Å². The lowest BCUT2D eigenvalue weighted by Crippen LogP contribution is -2.54. The molecule has 1 aromatic carbocycles. The van der Waals surface area contributed by atoms with E-state index in [0.717, 1.165) is 0 Å². The molecule has 104 valence electrons. The van der Waals surface area contributed by atoms with Crippen molar-refractivity contribution in [2.75, 3.05) is 6.54 Å². The average Bonchev–Trinajstić information content (AvgIpc) is 2.27. The summed E-state index contributed by atoms with van der Waals surface area (Å²) in [6, 6.07) is 0.994. The number of hydrogen-bond donors (Lipinski definition) is 1. The second-order valence-corrected chi connectivity index (χ2v) is 4.73. The van der Waals surface area contributed by atoms with Crippen LogP contribution in [0.5, 0.6) is 0 Å². The Morgan fingerprint density at radius 2 is 1.84 bits per heavy atom. The van der Waals surface area contributed by atoms with Gasteiger partial charge in [-0.15, -0.1) is 0 Å². The van der Waals surface area contributed by atoms with Gasteiger partial charge in [0.25, 0.3) is 0 Å². The van der Waals surface area contributed by atoms with Crippen molar-refractivity contribution in [1.82, 2.24) is 0 Å². The monoisotopic (exact) mass is 278 g/mol. The second kappa shape index (κ2) is 4.16. The maximum Gasteiger partial charge on any atom is 0.307 e. The third-order valence-corrected chi connectivity index (χ3v) is 3.39. The van der Waals surface area contributed by atoms with Crippen LogP contribution in [0.4, 0.5) is 23.2 Å². The lowest BCUT2D eigenvalue weighted by atomic mass is 9.62. The fraction of sp³-hybridized carbons (Fsp3) is 0.455. The van der Waals surface area contributed by atoms with Crippen molar-refractivity contribution >= 4 is 5.69 Å². The van der Waals surface area contributed by atoms with E-state index in [1.807, 2.05) is 0 Å². The number of nitrogens with zero attached hydrogens (tertiary/aromatic N) is 1. The van der Waals surface area contributed by atoms with Gasteiger partial charge in [0.05, 0.1) is 11.0 Å². The van der Waals surface area contributed by atoms with Gasteiger partial charge in [-0.05, 0) is 11.6 Å². The molecule has 0 heterocycles. The quantitative estimate of drug-likeness (QED) is 0.524. The van der Waals surface area contributed by atoms with E-state index >= 15 is 0 Å². The third kappa shape index (κ3) is 2.16. The van der Waals surface area contributed by atoms with Gasteiger partial charge >= 0.3 is 5.69 Å². The minimum atomic E-state index is -2.97. The van der Waals surface area contributed by atoms with E-state index in [0.29, 0.717) is 12.1 Å². The summed E-state index contributed by atoms with van der Waals surface area (Å²) in [7, 11) is 0. The first kappa shape index (κ1) is 13.7. The zero-order valence-electron chi connectivity index (χ0n) is 9.63. The summed E-state index contributed by atoms with van der Waals surface area (Å²) in [4.78, 5) is 9.37. The highest BCUT2D eigenvalue weighted by Crippen LogP contribution is 2.53. The molecule has 0 spiro atoms. The highest BCUT2D eigenvalue weighted by Gasteiger charge is 2.57. The topological polar surface area (TPSA) is 69.2 Å². The van der Waals surface area contributed by atoms with Gasteiger partial charge in [0.15, 0.2) is 0 Å². The van der Waals surface area contributed by atoms with Gasteiger partial charge in [0.2, 0.25) is 11.7 Å². The number of rotatable bonds is 3. The first-order chi connectivity index (χ1) is 8.71. The Bertz CT molecular complexity index is 540. The Hall–Kier alpha value is -1.70. The van der Waals surface area contributed by atoms with Crippen LogP contribution in [0.1, 0.15) is 18.4 Å². The molecule has 1 aromatic rings. The molecule has 0 unspecified atom stereocenters. The van der Waals surface area contributed by atoms with Crippen molar-refractivity contribution in [3.63, 3.8) is 0 Å². The van der Waals surface area contributed by atoms with Crippen LogP contribution in [-0.2, 0) is 5.41 Å². The predicted molar refractivity (Wildman–Crippen MR) is 57.9 cm³/mol. The molecule has 1 fully saturated rings. The molecule has 2 rings (SSSR count). The number of benzene rings is 1. The molecule has 0 amide bonds. The summed E-state index contributed by atoms with van der Waals surface area (Å²) in [5.41, 5.74) is 2.67. The predicted octanol–water partition coefficient (Wildman–Crippen LogP) is 2.50. The van der Waals surface area contributed by atoms with Crippen LogP contribution in [0.3, 0.4) is 0 Å². The van der Waals surface area contributed by atoms with Crippen molar-refractivity contribution < 1.29 is 22.5 Å². The highest BCUT2D eigenvalue weighted by atomic mass is 19.3. The van der Waals surface area contributed by atoms with Crippen LogP contribution in [0, 0.1) is 21.7 Å². The Morgan fingerprint density at radius 1 is 1.26 bits per heavy atom. The smallest absolute Gasteiger partial charge is 0.307 e. The van der Waals surface area contributed by atoms with Crippen molar-refractivity contribution in [2.24, 2.45) is 5.73 Å². The van der Waals surface area contributed by atoms with E-state index in [1.54, 1.807) is 0 Å². The lowest BCUT2D eigenvalue weighted by Gasteiger charge is -2.47. The average molecular weight is 278 g/mol. The van der Waals surface area contributed by atoms with Gasteiger partial charge < -0.3 is 5.73 Å². The fourth-order valence-electron chi connectivity index (χ4n) is 2.47. The zero-order chi connectivity index (χ0) is 14.4. The Kier molecular flexibility index (Phi) is 3.00. The molecule has 0 aliphatic heterocycles. The van der Waals surface area contributed by atoms with Crippen molar-refractivity contribution in [3.05, 3.63) is 39.4 Å². The summed E-state index contributed by atoms with van der Waals surface area (Å²) >= 11 is 0. The molecule has 0 radical (unpaired) electrons. The number of nitro benzene ring substituents is 1. The number of nitro groups is 1. The van der Waals surface area contributed by atoms with E-state index in [1.165, 1.54) is 0 Å². The minimum absolute atomic E-state index is 0.281. The number of hydrogen-bond acceptors (Lipinski definition) is 3. The third-order valence-electron chi connectivity index (χ3n) is 3.39. The summed E-state index contributed by atoms with van der Waals surface area (Å²) < 4.78 is 53.2. The van der Waals surface area contributed by atoms with Crippen molar-refractivity contribution in [2.45, 2.75) is 24.2 Å². The molecule has 0 bridgehead atoms. The van der Waals surface area contributed by atoms with E-state index in [2.05, 4.69) is 0 Å². The highest BCUT2D eigenvalue weighted by molar-refractivity contribution is 5.41. The van der Waals surface area contributed by atoms with Gasteiger partial charge in [-0.1, -0.05) is 0 Å². The Labute approximate surface area is 105 Å². The van der Waals surface area contributed by atoms with Crippen molar-refractivity contribution in [1.29, 1.82) is 0 Å². The van der Waals surface area contributed by atoms with Gasteiger partial charge in [-0.3, -0.25) is 10.1 Å². The van der Waals surface area contributed by atoms with E-state index in [4.69, 9.17) is 5.73 Å². The molecule has 19 heavy (non-hydrogen) atoms. The molecule has 0 aromatic heterocycles. The SMILES string of the molecule is NCC1(c2cc(F)c([N+](=O)[O-])cc2F)CC(F)(F)C1. The van der Waals surface area contributed by atoms with Gasteiger partial charge in [-0.2, -0.15) is 4.39 Å². The molecule has 1 aliphatic carbocycles. The van der Waals surface area contributed by atoms with Crippen LogP contribution in [0.2, 0.25) is 0 Å². The lowest BCUT2D eigenvalue weighted by molar-refractivity contribution is -0.387. The van der Waals surface area contributed by atoms with Crippen LogP contribution in [0.25, 0.3) is 0 Å². The molecule has 0 atom stereocenters. The summed E-state index contributed by atoms with van der Waals surface area (Å²) in [5.74, 6) is -5.32. The van der Waals surface area contributed by atoms with Crippen LogP contribution < -0.4 is 5.73 Å². The van der Waals surface area contributed by atoms with Crippen LogP contribution in [0.15, 0.2) is 12.1 Å². The van der Waals surface area contributed by atoms with Gasteiger partial charge in [0, 0.05) is 24.8 Å². The van der Waals surface area contributed by atoms with E-state index in [-0.39, 0.29) is 12.1 Å². The molecule has 0 saturated heterocycles. The zero-order valence-corrected chi connectivity index (χ0v) is 9.63. The summed E-state index contributed by atoms with van der Waals surface area (Å²) in [5, 5.41) is 10.4. The Morgan fingerprint density at radius 3 is 2.26 bits per heavy atom. The maximum atomic E-state index is 13.8. The molecule has 1 saturated carbocycles. The number of alkyl halides is 2. The molecule has 4 nitrogen and oxygen atoms in total. The Balaban J connectivity index is 2.46. The largest absolute Gasteiger partial charge is 0.330 e. The second-order valence-electron chi connectivity index (χ2n) is 4.73. The summed E-state index contributed by atoms with van der Waals surface area (Å²) in [6.07, 6.45) is -1.38. The standard InChI is InChI=1S/C11H10F4N2O2/c12-7-2-9(17(18)19)8(13)1-6(7)10(5-16)3-11(14,15)4-10/h1-2H,3-5,16H2. The first-order valence-electron chi connectivity index (χ1n) is 5.43. The fourth-order valence-corrected chi connectivity index (χ4v) is 2.47. The minimum Gasteiger partial charge on any atom is -0.330 e. The molecule has 2 N–H and O–H groups in total. The maximum absolute atomic E-state index is 13.8. The first-order valence-corrected chi connectivity index (χ1v) is 5.43. The molecule has 8 heteroatoms. The van der Waals surface area contributed by atoms with Crippen LogP contribution >= 0.6 is 0 Å². The number of halogens is 4. The molecular formula is C11H10F4N2O2. The normalized spacial score (nSPS) is 19.8. The van der Waals surface area contributed by atoms with Crippen LogP contribution in [-0.4, -0.2) is 17.4 Å². The van der Waals surface area contributed by atoms with E-state index < -0.39 is 46.4 Å². The van der Waals surface area contributed by atoms with Gasteiger partial charge in [0.1, 0.15) is 5.82 Å². The summed E-state index contributed by atoms with van der Waals surface area (Å²) in [6.45, 7) is -0.281. The molecular weight excluding hydrogens is 268 g/mol. The van der Waals surface area contributed by atoms with Gasteiger partial charge in [-0.25, -0.2) is 13.2 Å². The number of nitrogens with two attached hydrogens (primary N) is 1. The van der Waals surface area contributed by atoms with E-state index in [9.17, 15) is 27.7 Å². The molecule has 1 aliphatic rings.